The van der Waals surface area contributed by atoms with Gasteiger partial charge in [-0.15, -0.1) is 0 Å². The van der Waals surface area contributed by atoms with Crippen molar-refractivity contribution in [3.63, 3.8) is 0 Å². The highest BCUT2D eigenvalue weighted by molar-refractivity contribution is 7.80. The minimum atomic E-state index is 0.259. The van der Waals surface area contributed by atoms with Gasteiger partial charge in [0.15, 0.2) is 0 Å². The molecule has 0 fully saturated rings. The lowest BCUT2D eigenvalue weighted by atomic mass is 9.82. The van der Waals surface area contributed by atoms with Gasteiger partial charge in [0.1, 0.15) is 10.8 Å². The predicted octanol–water partition coefficient (Wildman–Crippen LogP) is 3.43. The van der Waals surface area contributed by atoms with Gasteiger partial charge in [0, 0.05) is 12.2 Å². The number of thiocarbonyl (C=S) groups is 1. The zero-order valence-corrected chi connectivity index (χ0v) is 13.6. The molecule has 1 unspecified atom stereocenters. The maximum absolute atomic E-state index is 5.81. The molecule has 0 spiro atoms. The number of anilines is 1. The van der Waals surface area contributed by atoms with E-state index in [2.05, 4.69) is 38.0 Å². The highest BCUT2D eigenvalue weighted by atomic mass is 32.1. The molecule has 1 heterocycles. The van der Waals surface area contributed by atoms with Crippen molar-refractivity contribution in [2.24, 2.45) is 17.1 Å². The first kappa shape index (κ1) is 15.9. The highest BCUT2D eigenvalue weighted by Gasteiger charge is 2.20. The highest BCUT2D eigenvalue weighted by Crippen LogP contribution is 2.26. The third-order valence-corrected chi connectivity index (χ3v) is 3.85. The van der Waals surface area contributed by atoms with Gasteiger partial charge in [-0.3, -0.25) is 0 Å². The Kier molecular flexibility index (Phi) is 4.91. The molecule has 0 bridgehead atoms. The van der Waals surface area contributed by atoms with Crippen molar-refractivity contribution in [2.75, 3.05) is 11.9 Å². The van der Waals surface area contributed by atoms with E-state index in [1.54, 1.807) is 0 Å². The van der Waals surface area contributed by atoms with Crippen LogP contribution < -0.4 is 11.1 Å². The number of rotatable bonds is 4. The fraction of sp³-hybridized carbons (Fsp3) is 0.600. The van der Waals surface area contributed by atoms with Gasteiger partial charge in [-0.25, -0.2) is 4.98 Å². The molecule has 4 heteroatoms. The normalized spacial score (nSPS) is 13.2. The second kappa shape index (κ2) is 5.87. The summed E-state index contributed by atoms with van der Waals surface area (Å²) in [7, 11) is 0. The van der Waals surface area contributed by atoms with Crippen molar-refractivity contribution in [1.29, 1.82) is 0 Å². The number of nitrogens with two attached hydrogens (primary N) is 1. The topological polar surface area (TPSA) is 50.9 Å². The van der Waals surface area contributed by atoms with Gasteiger partial charge in [0.05, 0.1) is 5.56 Å². The van der Waals surface area contributed by atoms with E-state index in [9.17, 15) is 0 Å². The number of hydrogen-bond acceptors (Lipinski definition) is 3. The van der Waals surface area contributed by atoms with Crippen LogP contribution in [0.15, 0.2) is 6.07 Å². The molecule has 1 aromatic rings. The van der Waals surface area contributed by atoms with Gasteiger partial charge >= 0.3 is 0 Å². The molecule has 3 nitrogen and oxygen atoms in total. The molecule has 1 rings (SSSR count). The van der Waals surface area contributed by atoms with Crippen LogP contribution in [0.3, 0.4) is 0 Å². The van der Waals surface area contributed by atoms with Crippen LogP contribution in [0, 0.1) is 25.2 Å². The first-order valence-electron chi connectivity index (χ1n) is 6.65. The van der Waals surface area contributed by atoms with Gasteiger partial charge in [0.2, 0.25) is 0 Å². The summed E-state index contributed by atoms with van der Waals surface area (Å²) in [6.07, 6.45) is 0. The number of nitrogens with zero attached hydrogens (tertiary/aromatic N) is 1. The standard InChI is InChI=1S/C15H25N3S/c1-9-7-11(3)18-14(12(9)13(16)19)17-8-10(2)15(4,5)6/h7,10H,8H2,1-6H3,(H2,16,19)(H,17,18). The Balaban J connectivity index is 2.98. The van der Waals surface area contributed by atoms with Crippen molar-refractivity contribution in [3.05, 3.63) is 22.9 Å². The summed E-state index contributed by atoms with van der Waals surface area (Å²) in [6.45, 7) is 13.8. The zero-order chi connectivity index (χ0) is 14.8. The minimum absolute atomic E-state index is 0.259. The average Bonchev–Trinajstić information content (AvgIpc) is 2.22. The van der Waals surface area contributed by atoms with Crippen LogP contribution in [-0.4, -0.2) is 16.5 Å². The molecule has 0 aromatic carbocycles. The third kappa shape index (κ3) is 4.16. The Labute approximate surface area is 122 Å². The summed E-state index contributed by atoms with van der Waals surface area (Å²) in [5.74, 6) is 1.33. The van der Waals surface area contributed by atoms with Crippen molar-refractivity contribution in [3.8, 4) is 0 Å². The fourth-order valence-corrected chi connectivity index (χ4v) is 2.09. The predicted molar refractivity (Wildman–Crippen MR) is 86.7 cm³/mol. The Hall–Kier alpha value is -1.16. The fourth-order valence-electron chi connectivity index (χ4n) is 1.83. The second-order valence-electron chi connectivity index (χ2n) is 6.32. The number of nitrogens with one attached hydrogen (secondary N) is 1. The Morgan fingerprint density at radius 2 is 2.00 bits per heavy atom. The van der Waals surface area contributed by atoms with Gasteiger partial charge in [-0.1, -0.05) is 39.9 Å². The third-order valence-electron chi connectivity index (χ3n) is 3.65. The van der Waals surface area contributed by atoms with Crippen molar-refractivity contribution < 1.29 is 0 Å². The lowest BCUT2D eigenvalue weighted by Gasteiger charge is -2.28. The van der Waals surface area contributed by atoms with Crippen LogP contribution >= 0.6 is 12.2 Å². The maximum atomic E-state index is 5.81. The summed E-state index contributed by atoms with van der Waals surface area (Å²) in [5.41, 5.74) is 8.98. The van der Waals surface area contributed by atoms with Crippen LogP contribution in [0.5, 0.6) is 0 Å². The summed E-state index contributed by atoms with van der Waals surface area (Å²) < 4.78 is 0. The number of hydrogen-bond donors (Lipinski definition) is 2. The molecule has 0 saturated heterocycles. The Morgan fingerprint density at radius 3 is 2.47 bits per heavy atom. The van der Waals surface area contributed by atoms with Crippen LogP contribution in [0.25, 0.3) is 0 Å². The molecule has 1 aromatic heterocycles. The van der Waals surface area contributed by atoms with Crippen LogP contribution in [-0.2, 0) is 0 Å². The van der Waals surface area contributed by atoms with Crippen molar-refractivity contribution in [2.45, 2.75) is 41.5 Å². The Morgan fingerprint density at radius 1 is 1.42 bits per heavy atom. The molecule has 0 saturated carbocycles. The van der Waals surface area contributed by atoms with Crippen LogP contribution in [0.4, 0.5) is 5.82 Å². The molecule has 0 aliphatic rings. The smallest absolute Gasteiger partial charge is 0.136 e. The lowest BCUT2D eigenvalue weighted by Crippen LogP contribution is -2.26. The first-order valence-corrected chi connectivity index (χ1v) is 7.05. The quantitative estimate of drug-likeness (QED) is 0.829. The maximum Gasteiger partial charge on any atom is 0.136 e. The van der Waals surface area contributed by atoms with E-state index in [0.29, 0.717) is 10.9 Å². The molecule has 3 N–H and O–H groups in total. The summed E-state index contributed by atoms with van der Waals surface area (Å²) >= 11 is 5.13. The molecular weight excluding hydrogens is 254 g/mol. The van der Waals surface area contributed by atoms with Gasteiger partial charge < -0.3 is 11.1 Å². The van der Waals surface area contributed by atoms with E-state index < -0.39 is 0 Å². The number of aromatic nitrogens is 1. The Bertz CT molecular complexity index is 475. The first-order chi connectivity index (χ1) is 8.62. The molecule has 0 radical (unpaired) electrons. The van der Waals surface area contributed by atoms with Gasteiger partial charge in [0.25, 0.3) is 0 Å². The molecule has 0 aliphatic heterocycles. The second-order valence-corrected chi connectivity index (χ2v) is 6.76. The van der Waals surface area contributed by atoms with E-state index in [1.807, 2.05) is 19.9 Å². The van der Waals surface area contributed by atoms with E-state index >= 15 is 0 Å². The van der Waals surface area contributed by atoms with Crippen molar-refractivity contribution >= 4 is 23.0 Å². The van der Waals surface area contributed by atoms with Gasteiger partial charge in [-0.2, -0.15) is 0 Å². The average molecular weight is 279 g/mol. The lowest BCUT2D eigenvalue weighted by molar-refractivity contribution is 0.274. The SMILES string of the molecule is Cc1cc(C)c(C(N)=S)c(NCC(C)C(C)(C)C)n1. The summed E-state index contributed by atoms with van der Waals surface area (Å²) in [4.78, 5) is 4.93. The van der Waals surface area contributed by atoms with E-state index in [1.165, 1.54) is 0 Å². The number of pyridine rings is 1. The molecule has 0 aliphatic carbocycles. The zero-order valence-electron chi connectivity index (χ0n) is 12.8. The molecule has 106 valence electrons. The molecule has 0 amide bonds. The van der Waals surface area contributed by atoms with Gasteiger partial charge in [-0.05, 0) is 36.8 Å². The largest absolute Gasteiger partial charge is 0.389 e. The van der Waals surface area contributed by atoms with E-state index in [-0.39, 0.29) is 5.41 Å². The molecular formula is C15H25N3S. The summed E-state index contributed by atoms with van der Waals surface area (Å²) in [5, 5.41) is 3.40. The minimum Gasteiger partial charge on any atom is -0.389 e. The van der Waals surface area contributed by atoms with Crippen LogP contribution in [0.2, 0.25) is 0 Å². The van der Waals surface area contributed by atoms with E-state index in [4.69, 9.17) is 18.0 Å². The van der Waals surface area contributed by atoms with Crippen LogP contribution in [0.1, 0.15) is 44.5 Å². The number of aryl methyl sites for hydroxylation is 2. The molecule has 1 atom stereocenters. The molecule has 19 heavy (non-hydrogen) atoms. The van der Waals surface area contributed by atoms with Crippen molar-refractivity contribution in [1.82, 2.24) is 4.98 Å². The van der Waals surface area contributed by atoms with E-state index in [0.717, 1.165) is 29.2 Å². The summed E-state index contributed by atoms with van der Waals surface area (Å²) in [6, 6.07) is 2.01. The monoisotopic (exact) mass is 279 g/mol.